The second-order valence-electron chi connectivity index (χ2n) is 7.65. The molecule has 5 heteroatoms. The van der Waals surface area contributed by atoms with Crippen molar-refractivity contribution in [3.8, 4) is 0 Å². The van der Waals surface area contributed by atoms with Gasteiger partial charge in [-0.2, -0.15) is 0 Å². The Balaban J connectivity index is 1.19. The maximum atomic E-state index is 6.03. The molecule has 1 aromatic carbocycles. The molecule has 0 N–H and O–H groups in total. The molecule has 0 radical (unpaired) electrons. The number of benzene rings is 1. The minimum absolute atomic E-state index is 0.416. The Bertz CT molecular complexity index is 694. The van der Waals surface area contributed by atoms with Crippen molar-refractivity contribution < 1.29 is 13.7 Å². The van der Waals surface area contributed by atoms with Crippen molar-refractivity contribution in [3.63, 3.8) is 0 Å². The van der Waals surface area contributed by atoms with Crippen LogP contribution in [0.5, 0.6) is 0 Å². The van der Waals surface area contributed by atoms with Crippen LogP contribution in [-0.2, 0) is 11.2 Å². The lowest BCUT2D eigenvalue weighted by Gasteiger charge is -2.54. The van der Waals surface area contributed by atoms with Gasteiger partial charge >= 0.3 is 0 Å². The van der Waals surface area contributed by atoms with E-state index >= 15 is 0 Å². The number of piperazine rings is 1. The fourth-order valence-electron chi connectivity index (χ4n) is 4.05. The van der Waals surface area contributed by atoms with Gasteiger partial charge in [-0.05, 0) is 26.0 Å². The highest BCUT2D eigenvalue weighted by Crippen LogP contribution is 2.28. The molecule has 0 aliphatic carbocycles. The van der Waals surface area contributed by atoms with Crippen LogP contribution in [-0.4, -0.2) is 61.6 Å². The molecule has 2 fully saturated rings. The molecule has 0 atom stereocenters. The average Bonchev–Trinajstić information content (AvgIpc) is 3.00. The summed E-state index contributed by atoms with van der Waals surface area (Å²) in [5.41, 5.74) is 3.68. The predicted molar refractivity (Wildman–Crippen MR) is 97.8 cm³/mol. The summed E-state index contributed by atoms with van der Waals surface area (Å²) in [4.78, 5) is 2.52. The number of aromatic nitrogens is 1. The van der Waals surface area contributed by atoms with Gasteiger partial charge in [-0.3, -0.25) is 0 Å². The van der Waals surface area contributed by atoms with Crippen molar-refractivity contribution >= 4 is 5.69 Å². The zero-order chi connectivity index (χ0) is 17.3. The number of hydrogen-bond donors (Lipinski definition) is 0. The quantitative estimate of drug-likeness (QED) is 0.783. The Kier molecular flexibility index (Phi) is 4.52. The van der Waals surface area contributed by atoms with Crippen LogP contribution < -0.4 is 4.90 Å². The van der Waals surface area contributed by atoms with Gasteiger partial charge in [-0.1, -0.05) is 22.9 Å². The highest BCUT2D eigenvalue weighted by Gasteiger charge is 2.46. The van der Waals surface area contributed by atoms with Crippen LogP contribution >= 0.6 is 0 Å². The molecule has 2 aromatic rings. The first-order valence-electron chi connectivity index (χ1n) is 9.32. The van der Waals surface area contributed by atoms with Crippen molar-refractivity contribution in [3.05, 3.63) is 47.3 Å². The standard InChI is InChI=1S/C20H28N3O2/c1-16-3-5-19(6-4-16)22-8-10-23(11-9-22)14-20(15-23)24-12-7-18-13-17(2)25-21-18/h3-6,13,20H,7-12,14-15H2,1-2H3/q+1. The Morgan fingerprint density at radius 3 is 2.52 bits per heavy atom. The molecule has 1 aromatic heterocycles. The molecular weight excluding hydrogens is 314 g/mol. The van der Waals surface area contributed by atoms with E-state index in [1.165, 1.54) is 41.9 Å². The minimum Gasteiger partial charge on any atom is -0.366 e. The van der Waals surface area contributed by atoms with E-state index in [-0.39, 0.29) is 0 Å². The number of rotatable bonds is 5. The number of nitrogens with zero attached hydrogens (tertiary/aromatic N) is 3. The Morgan fingerprint density at radius 1 is 1.16 bits per heavy atom. The van der Waals surface area contributed by atoms with E-state index in [2.05, 4.69) is 41.2 Å². The number of hydrogen-bond acceptors (Lipinski definition) is 4. The van der Waals surface area contributed by atoms with Gasteiger partial charge in [0.2, 0.25) is 0 Å². The molecule has 2 saturated heterocycles. The van der Waals surface area contributed by atoms with Gasteiger partial charge in [0, 0.05) is 18.2 Å². The molecule has 134 valence electrons. The summed E-state index contributed by atoms with van der Waals surface area (Å²) in [6.45, 7) is 11.9. The van der Waals surface area contributed by atoms with Crippen LogP contribution in [0.25, 0.3) is 0 Å². The van der Waals surface area contributed by atoms with Gasteiger partial charge in [-0.15, -0.1) is 0 Å². The molecule has 25 heavy (non-hydrogen) atoms. The largest absolute Gasteiger partial charge is 0.366 e. The van der Waals surface area contributed by atoms with E-state index in [0.717, 1.165) is 37.6 Å². The molecule has 3 heterocycles. The Morgan fingerprint density at radius 2 is 1.88 bits per heavy atom. The molecule has 4 rings (SSSR count). The van der Waals surface area contributed by atoms with Gasteiger partial charge in [0.15, 0.2) is 6.10 Å². The van der Waals surface area contributed by atoms with Gasteiger partial charge < -0.3 is 18.6 Å². The topological polar surface area (TPSA) is 38.5 Å². The van der Waals surface area contributed by atoms with Crippen LogP contribution in [0, 0.1) is 13.8 Å². The van der Waals surface area contributed by atoms with Crippen molar-refractivity contribution in [1.29, 1.82) is 0 Å². The maximum Gasteiger partial charge on any atom is 0.155 e. The number of aryl methyl sites for hydroxylation is 2. The SMILES string of the molecule is Cc1ccc(N2CC[N+]3(CC2)CC(OCCc2cc(C)on2)C3)cc1. The fraction of sp³-hybridized carbons (Fsp3) is 0.550. The van der Waals surface area contributed by atoms with Crippen molar-refractivity contribution in [1.82, 2.24) is 5.16 Å². The third kappa shape index (κ3) is 3.72. The van der Waals surface area contributed by atoms with E-state index < -0.39 is 0 Å². The van der Waals surface area contributed by atoms with E-state index in [1.54, 1.807) is 0 Å². The van der Waals surface area contributed by atoms with Crippen LogP contribution in [0.3, 0.4) is 0 Å². The highest BCUT2D eigenvalue weighted by molar-refractivity contribution is 5.47. The third-order valence-electron chi connectivity index (χ3n) is 5.66. The molecule has 2 aliphatic heterocycles. The lowest BCUT2D eigenvalue weighted by molar-refractivity contribution is -0.972. The van der Waals surface area contributed by atoms with Crippen molar-refractivity contribution in [2.45, 2.75) is 26.4 Å². The summed E-state index contributed by atoms with van der Waals surface area (Å²) >= 11 is 0. The lowest BCUT2D eigenvalue weighted by atomic mass is 10.0. The molecule has 0 bridgehead atoms. The monoisotopic (exact) mass is 342 g/mol. The van der Waals surface area contributed by atoms with Gasteiger partial charge in [-0.25, -0.2) is 0 Å². The van der Waals surface area contributed by atoms with E-state index in [1.807, 2.05) is 13.0 Å². The van der Waals surface area contributed by atoms with Crippen LogP contribution in [0.15, 0.2) is 34.9 Å². The number of quaternary nitrogens is 1. The van der Waals surface area contributed by atoms with E-state index in [0.29, 0.717) is 6.10 Å². The normalized spacial score (nSPS) is 20.0. The van der Waals surface area contributed by atoms with E-state index in [4.69, 9.17) is 9.26 Å². The predicted octanol–water partition coefficient (Wildman–Crippen LogP) is 2.57. The molecule has 5 nitrogen and oxygen atoms in total. The smallest absolute Gasteiger partial charge is 0.155 e. The summed E-state index contributed by atoms with van der Waals surface area (Å²) in [5.74, 6) is 0.870. The van der Waals surface area contributed by atoms with Crippen molar-refractivity contribution in [2.24, 2.45) is 0 Å². The molecular formula is C20H28N3O2+. The number of anilines is 1. The second kappa shape index (κ2) is 6.81. The second-order valence-corrected chi connectivity index (χ2v) is 7.65. The average molecular weight is 342 g/mol. The van der Waals surface area contributed by atoms with Crippen LogP contribution in [0.4, 0.5) is 5.69 Å². The fourth-order valence-corrected chi connectivity index (χ4v) is 4.05. The summed E-state index contributed by atoms with van der Waals surface area (Å²) < 4.78 is 12.4. The van der Waals surface area contributed by atoms with Crippen LogP contribution in [0.1, 0.15) is 17.0 Å². The molecule has 1 spiro atoms. The lowest BCUT2D eigenvalue weighted by Crippen LogP contribution is -2.72. The first kappa shape index (κ1) is 16.6. The first-order valence-corrected chi connectivity index (χ1v) is 9.32. The molecule has 0 saturated carbocycles. The zero-order valence-electron chi connectivity index (χ0n) is 15.3. The van der Waals surface area contributed by atoms with Crippen molar-refractivity contribution in [2.75, 3.05) is 50.8 Å². The Labute approximate surface area is 149 Å². The third-order valence-corrected chi connectivity index (χ3v) is 5.66. The highest BCUT2D eigenvalue weighted by atomic mass is 16.5. The maximum absolute atomic E-state index is 6.03. The first-order chi connectivity index (χ1) is 12.1. The van der Waals surface area contributed by atoms with Gasteiger partial charge in [0.05, 0.1) is 38.5 Å². The van der Waals surface area contributed by atoms with Crippen LogP contribution in [0.2, 0.25) is 0 Å². The summed E-state index contributed by atoms with van der Waals surface area (Å²) in [5, 5.41) is 4.02. The molecule has 0 unspecified atom stereocenters. The summed E-state index contributed by atoms with van der Waals surface area (Å²) in [6, 6.07) is 10.9. The summed E-state index contributed by atoms with van der Waals surface area (Å²) in [7, 11) is 0. The summed E-state index contributed by atoms with van der Waals surface area (Å²) in [6.07, 6.45) is 1.26. The number of ether oxygens (including phenoxy) is 1. The van der Waals surface area contributed by atoms with E-state index in [9.17, 15) is 0 Å². The molecule has 2 aliphatic rings. The zero-order valence-corrected chi connectivity index (χ0v) is 15.3. The minimum atomic E-state index is 0.416. The van der Waals surface area contributed by atoms with Gasteiger partial charge in [0.25, 0.3) is 0 Å². The Hall–Kier alpha value is -1.85. The van der Waals surface area contributed by atoms with Gasteiger partial charge in [0.1, 0.15) is 18.8 Å². The molecule has 0 amide bonds.